The van der Waals surface area contributed by atoms with Gasteiger partial charge in [-0.1, -0.05) is 6.07 Å². The van der Waals surface area contributed by atoms with Crippen molar-refractivity contribution in [1.82, 2.24) is 19.7 Å². The number of hydrogen-bond acceptors (Lipinski definition) is 4. The van der Waals surface area contributed by atoms with E-state index in [1.165, 1.54) is 12.3 Å². The number of anilines is 1. The molecule has 3 aromatic heterocycles. The second-order valence-electron chi connectivity index (χ2n) is 6.08. The van der Waals surface area contributed by atoms with Gasteiger partial charge < -0.3 is 5.32 Å². The fourth-order valence-corrected chi connectivity index (χ4v) is 3.22. The smallest absolute Gasteiger partial charge is 0.277 e. The molecule has 1 N–H and O–H groups in total. The number of fused-ring (bicyclic) bond motifs is 3. The predicted molar refractivity (Wildman–Crippen MR) is 90.7 cm³/mol. The molecule has 25 heavy (non-hydrogen) atoms. The first-order valence-electron chi connectivity index (χ1n) is 7.98. The number of aromatic nitrogens is 4. The second kappa shape index (κ2) is 5.77. The lowest BCUT2D eigenvalue weighted by Crippen LogP contribution is -2.17. The Morgan fingerprint density at radius 1 is 1.32 bits per heavy atom. The molecule has 0 saturated carbocycles. The molecule has 0 aliphatic heterocycles. The standard InChI is InChI=1S/C18H16FN5O/c1-10-4-3-5-14(21-10)22-18(25)16-13-7-6-11-8-12(19)9-20-15(11)17(13)24(2)23-16/h3-5,8-9H,6-7H2,1-2H3,(H,21,22,25). The Morgan fingerprint density at radius 2 is 2.16 bits per heavy atom. The number of amides is 1. The first-order chi connectivity index (χ1) is 12.0. The van der Waals surface area contributed by atoms with Crippen LogP contribution in [0.1, 0.15) is 27.3 Å². The first-order valence-corrected chi connectivity index (χ1v) is 7.98. The van der Waals surface area contributed by atoms with Crippen LogP contribution in [0.25, 0.3) is 11.4 Å². The molecule has 0 unspecified atom stereocenters. The molecule has 6 nitrogen and oxygen atoms in total. The van der Waals surface area contributed by atoms with Gasteiger partial charge in [-0.3, -0.25) is 14.5 Å². The van der Waals surface area contributed by atoms with Gasteiger partial charge >= 0.3 is 0 Å². The maximum absolute atomic E-state index is 13.4. The Morgan fingerprint density at radius 3 is 2.96 bits per heavy atom. The molecule has 0 saturated heterocycles. The molecule has 0 bridgehead atoms. The summed E-state index contributed by atoms with van der Waals surface area (Å²) in [5, 5.41) is 7.16. The molecule has 3 aromatic rings. The summed E-state index contributed by atoms with van der Waals surface area (Å²) in [6.07, 6.45) is 2.43. The van der Waals surface area contributed by atoms with Gasteiger partial charge in [-0.05, 0) is 43.5 Å². The highest BCUT2D eigenvalue weighted by molar-refractivity contribution is 6.04. The molecule has 1 amide bonds. The van der Waals surface area contributed by atoms with E-state index in [-0.39, 0.29) is 11.7 Å². The average molecular weight is 337 g/mol. The van der Waals surface area contributed by atoms with Gasteiger partial charge in [0, 0.05) is 18.3 Å². The molecule has 1 aliphatic rings. The van der Waals surface area contributed by atoms with Crippen molar-refractivity contribution in [2.24, 2.45) is 7.05 Å². The normalized spacial score (nSPS) is 12.4. The first kappa shape index (κ1) is 15.4. The van der Waals surface area contributed by atoms with Crippen LogP contribution < -0.4 is 5.32 Å². The van der Waals surface area contributed by atoms with Crippen LogP contribution in [0.4, 0.5) is 10.2 Å². The van der Waals surface area contributed by atoms with Crippen molar-refractivity contribution < 1.29 is 9.18 Å². The fourth-order valence-electron chi connectivity index (χ4n) is 3.22. The van der Waals surface area contributed by atoms with E-state index in [4.69, 9.17) is 0 Å². The Hall–Kier alpha value is -3.09. The van der Waals surface area contributed by atoms with E-state index in [9.17, 15) is 9.18 Å². The Labute approximate surface area is 143 Å². The summed E-state index contributed by atoms with van der Waals surface area (Å²) in [6, 6.07) is 6.93. The van der Waals surface area contributed by atoms with Gasteiger partial charge in [0.25, 0.3) is 5.91 Å². The van der Waals surface area contributed by atoms with Crippen molar-refractivity contribution in [3.05, 3.63) is 58.8 Å². The van der Waals surface area contributed by atoms with Gasteiger partial charge in [0.2, 0.25) is 0 Å². The van der Waals surface area contributed by atoms with Crippen molar-refractivity contribution in [2.75, 3.05) is 5.32 Å². The largest absolute Gasteiger partial charge is 0.305 e. The molecule has 0 atom stereocenters. The third-order valence-corrected chi connectivity index (χ3v) is 4.29. The zero-order valence-electron chi connectivity index (χ0n) is 13.9. The maximum atomic E-state index is 13.4. The van der Waals surface area contributed by atoms with Crippen molar-refractivity contribution in [3.63, 3.8) is 0 Å². The van der Waals surface area contributed by atoms with E-state index < -0.39 is 0 Å². The number of hydrogen-bond donors (Lipinski definition) is 1. The third-order valence-electron chi connectivity index (χ3n) is 4.29. The van der Waals surface area contributed by atoms with Crippen molar-refractivity contribution >= 4 is 11.7 Å². The van der Waals surface area contributed by atoms with Crippen LogP contribution in [0.3, 0.4) is 0 Å². The minimum Gasteiger partial charge on any atom is -0.305 e. The average Bonchev–Trinajstić information content (AvgIpc) is 2.92. The fraction of sp³-hybridized carbons (Fsp3) is 0.222. The van der Waals surface area contributed by atoms with E-state index in [0.29, 0.717) is 30.0 Å². The van der Waals surface area contributed by atoms with Crippen LogP contribution in [-0.2, 0) is 19.9 Å². The number of nitrogens with zero attached hydrogens (tertiary/aromatic N) is 4. The number of pyridine rings is 2. The predicted octanol–water partition coefficient (Wildman–Crippen LogP) is 2.68. The second-order valence-corrected chi connectivity index (χ2v) is 6.08. The van der Waals surface area contributed by atoms with Crippen LogP contribution in [-0.4, -0.2) is 25.7 Å². The summed E-state index contributed by atoms with van der Waals surface area (Å²) in [4.78, 5) is 21.2. The number of aryl methyl sites for hydroxylation is 3. The van der Waals surface area contributed by atoms with E-state index >= 15 is 0 Å². The number of carbonyl (C=O) groups excluding carboxylic acids is 1. The molecule has 1 aliphatic carbocycles. The van der Waals surface area contributed by atoms with E-state index in [1.54, 1.807) is 17.8 Å². The highest BCUT2D eigenvalue weighted by Gasteiger charge is 2.28. The molecule has 4 rings (SSSR count). The minimum atomic E-state index is -0.354. The zero-order valence-corrected chi connectivity index (χ0v) is 13.9. The number of halogens is 1. The zero-order chi connectivity index (χ0) is 17.6. The molecule has 0 spiro atoms. The van der Waals surface area contributed by atoms with Crippen LogP contribution in [0.15, 0.2) is 30.5 Å². The van der Waals surface area contributed by atoms with Gasteiger partial charge in [0.05, 0.1) is 17.6 Å². The highest BCUT2D eigenvalue weighted by Crippen LogP contribution is 2.33. The number of rotatable bonds is 2. The van der Waals surface area contributed by atoms with Crippen LogP contribution in [0, 0.1) is 12.7 Å². The topological polar surface area (TPSA) is 72.7 Å². The van der Waals surface area contributed by atoms with Crippen molar-refractivity contribution in [3.8, 4) is 11.4 Å². The summed E-state index contributed by atoms with van der Waals surface area (Å²) in [7, 11) is 1.76. The molecular weight excluding hydrogens is 321 g/mol. The minimum absolute atomic E-state index is 0.305. The summed E-state index contributed by atoms with van der Waals surface area (Å²) in [6.45, 7) is 1.86. The van der Waals surface area contributed by atoms with Gasteiger partial charge in [-0.25, -0.2) is 9.37 Å². The van der Waals surface area contributed by atoms with Crippen LogP contribution in [0.2, 0.25) is 0 Å². The lowest BCUT2D eigenvalue weighted by atomic mass is 9.92. The van der Waals surface area contributed by atoms with Crippen LogP contribution in [0.5, 0.6) is 0 Å². The molecule has 126 valence electrons. The van der Waals surface area contributed by atoms with Crippen LogP contribution >= 0.6 is 0 Å². The quantitative estimate of drug-likeness (QED) is 0.780. The lowest BCUT2D eigenvalue weighted by Gasteiger charge is -2.16. The van der Waals surface area contributed by atoms with E-state index in [1.807, 2.05) is 19.1 Å². The molecule has 0 fully saturated rings. The summed E-state index contributed by atoms with van der Waals surface area (Å²) in [5.41, 5.74) is 4.30. The Bertz CT molecular complexity index is 995. The highest BCUT2D eigenvalue weighted by atomic mass is 19.1. The van der Waals surface area contributed by atoms with Gasteiger partial charge in [0.15, 0.2) is 5.69 Å². The molecule has 0 radical (unpaired) electrons. The number of nitrogens with one attached hydrogen (secondary N) is 1. The van der Waals surface area contributed by atoms with Gasteiger partial charge in [0.1, 0.15) is 11.6 Å². The maximum Gasteiger partial charge on any atom is 0.277 e. The molecule has 3 heterocycles. The molecular formula is C18H16FN5O. The summed E-state index contributed by atoms with van der Waals surface area (Å²) in [5.74, 6) is -0.172. The Kier molecular flexibility index (Phi) is 3.56. The SMILES string of the molecule is Cc1cccc(NC(=O)c2nn(C)c3c2CCc2cc(F)cnc2-3)n1. The Balaban J connectivity index is 1.73. The van der Waals surface area contributed by atoms with Crippen molar-refractivity contribution in [1.29, 1.82) is 0 Å². The third kappa shape index (κ3) is 2.67. The van der Waals surface area contributed by atoms with E-state index in [2.05, 4.69) is 20.4 Å². The van der Waals surface area contributed by atoms with E-state index in [0.717, 1.165) is 22.5 Å². The van der Waals surface area contributed by atoms with Gasteiger partial charge in [-0.15, -0.1) is 0 Å². The monoisotopic (exact) mass is 337 g/mol. The molecule has 0 aromatic carbocycles. The molecule has 7 heteroatoms. The van der Waals surface area contributed by atoms with Gasteiger partial charge in [-0.2, -0.15) is 5.10 Å². The summed E-state index contributed by atoms with van der Waals surface area (Å²) >= 11 is 0. The lowest BCUT2D eigenvalue weighted by molar-refractivity contribution is 0.102. The van der Waals surface area contributed by atoms with Crippen molar-refractivity contribution in [2.45, 2.75) is 19.8 Å². The summed E-state index contributed by atoms with van der Waals surface area (Å²) < 4.78 is 15.1. The number of carbonyl (C=O) groups is 1.